The van der Waals surface area contributed by atoms with Gasteiger partial charge in [-0.2, -0.15) is 0 Å². The molecule has 0 aromatic heterocycles. The first kappa shape index (κ1) is 14.7. The lowest BCUT2D eigenvalue weighted by Crippen LogP contribution is -2.36. The van der Waals surface area contributed by atoms with Crippen molar-refractivity contribution in [1.29, 1.82) is 0 Å². The summed E-state index contributed by atoms with van der Waals surface area (Å²) in [6, 6.07) is 8.07. The van der Waals surface area contributed by atoms with Crippen LogP contribution in [0, 0.1) is 0 Å². The van der Waals surface area contributed by atoms with Crippen LogP contribution in [0.1, 0.15) is 18.4 Å². The van der Waals surface area contributed by atoms with E-state index in [1.54, 1.807) is 18.4 Å². The minimum absolute atomic E-state index is 0.0146. The minimum Gasteiger partial charge on any atom is -0.481 e. The molecule has 0 saturated carbocycles. The summed E-state index contributed by atoms with van der Waals surface area (Å²) in [7, 11) is 0. The number of ether oxygens (including phenoxy) is 1. The van der Waals surface area contributed by atoms with Gasteiger partial charge in [-0.05, 0) is 12.0 Å². The normalized spacial score (nSPS) is 11.4. The summed E-state index contributed by atoms with van der Waals surface area (Å²) < 4.78 is 4.89. The van der Waals surface area contributed by atoms with Crippen molar-refractivity contribution in [2.24, 2.45) is 0 Å². The van der Waals surface area contributed by atoms with Crippen molar-refractivity contribution in [2.45, 2.75) is 25.5 Å². The smallest absolute Gasteiger partial charge is 0.408 e. The van der Waals surface area contributed by atoms with Crippen LogP contribution >= 0.6 is 0 Å². The van der Waals surface area contributed by atoms with Crippen molar-refractivity contribution in [1.82, 2.24) is 5.32 Å². The van der Waals surface area contributed by atoms with Crippen LogP contribution in [0.3, 0.4) is 0 Å². The standard InChI is InChI=1S/C13H14NO5/c15-8-11(6-7-12(16)17)14-13(18)19-9-10-4-2-1-3-5-10/h1-5,11H,6-7,9H2,(H,14,18)(H,16,17). The molecule has 0 heterocycles. The van der Waals surface area contributed by atoms with Crippen LogP contribution in [0.4, 0.5) is 4.79 Å². The number of amides is 1. The Balaban J connectivity index is 2.32. The molecule has 2 N–H and O–H groups in total. The second kappa shape index (κ2) is 7.86. The van der Waals surface area contributed by atoms with Gasteiger partial charge in [-0.15, -0.1) is 0 Å². The highest BCUT2D eigenvalue weighted by atomic mass is 16.5. The van der Waals surface area contributed by atoms with E-state index in [-0.39, 0.29) is 19.4 Å². The van der Waals surface area contributed by atoms with Crippen LogP contribution in [-0.2, 0) is 20.9 Å². The van der Waals surface area contributed by atoms with Gasteiger partial charge in [0.2, 0.25) is 6.29 Å². The first-order valence-corrected chi connectivity index (χ1v) is 5.68. The highest BCUT2D eigenvalue weighted by molar-refractivity contribution is 5.74. The van der Waals surface area contributed by atoms with Crippen LogP contribution in [0.5, 0.6) is 0 Å². The van der Waals surface area contributed by atoms with Crippen LogP contribution < -0.4 is 5.32 Å². The Morgan fingerprint density at radius 3 is 2.58 bits per heavy atom. The Morgan fingerprint density at radius 1 is 1.32 bits per heavy atom. The van der Waals surface area contributed by atoms with Gasteiger partial charge >= 0.3 is 12.1 Å². The highest BCUT2D eigenvalue weighted by Gasteiger charge is 2.14. The number of carbonyl (C=O) groups excluding carboxylic acids is 2. The molecule has 1 rings (SSSR count). The van der Waals surface area contributed by atoms with Crippen molar-refractivity contribution < 1.29 is 24.2 Å². The molecule has 6 heteroatoms. The van der Waals surface area contributed by atoms with Crippen molar-refractivity contribution in [3.8, 4) is 0 Å². The lowest BCUT2D eigenvalue weighted by molar-refractivity contribution is -0.137. The molecular formula is C13H14NO5. The third kappa shape index (κ3) is 6.21. The molecule has 1 amide bonds. The fourth-order valence-corrected chi connectivity index (χ4v) is 1.34. The maximum Gasteiger partial charge on any atom is 0.408 e. The van der Waals surface area contributed by atoms with Crippen molar-refractivity contribution in [3.05, 3.63) is 35.9 Å². The number of hydrogen-bond donors (Lipinski definition) is 2. The number of carbonyl (C=O) groups is 2. The van der Waals surface area contributed by atoms with Gasteiger partial charge in [-0.25, -0.2) is 4.79 Å². The molecule has 101 valence electrons. The Hall–Kier alpha value is -2.37. The summed E-state index contributed by atoms with van der Waals surface area (Å²) in [5, 5.41) is 10.7. The molecular weight excluding hydrogens is 250 g/mol. The third-order valence-electron chi connectivity index (χ3n) is 2.29. The number of nitrogens with one attached hydrogen (secondary N) is 1. The van der Waals surface area contributed by atoms with E-state index < -0.39 is 18.1 Å². The second-order valence-electron chi connectivity index (χ2n) is 3.81. The molecule has 1 atom stereocenters. The van der Waals surface area contributed by atoms with Crippen LogP contribution in [-0.4, -0.2) is 29.5 Å². The van der Waals surface area contributed by atoms with Crippen molar-refractivity contribution >= 4 is 18.3 Å². The quantitative estimate of drug-likeness (QED) is 0.773. The largest absolute Gasteiger partial charge is 0.481 e. The summed E-state index contributed by atoms with van der Waals surface area (Å²) in [6.07, 6.45) is 0.548. The monoisotopic (exact) mass is 264 g/mol. The van der Waals surface area contributed by atoms with E-state index in [1.807, 2.05) is 18.2 Å². The SMILES string of the molecule is O=[C]C(CCC(=O)O)NC(=O)OCc1ccccc1. The number of hydrogen-bond acceptors (Lipinski definition) is 4. The summed E-state index contributed by atoms with van der Waals surface area (Å²) in [6.45, 7) is 0.0805. The van der Waals surface area contributed by atoms with Crippen LogP contribution in [0.25, 0.3) is 0 Å². The van der Waals surface area contributed by atoms with E-state index in [1.165, 1.54) is 0 Å². The fraction of sp³-hybridized carbons (Fsp3) is 0.308. The molecule has 1 aromatic carbocycles. The van der Waals surface area contributed by atoms with E-state index in [9.17, 15) is 14.4 Å². The van der Waals surface area contributed by atoms with Gasteiger partial charge in [0, 0.05) is 6.42 Å². The van der Waals surface area contributed by atoms with Gasteiger partial charge in [0.25, 0.3) is 0 Å². The number of aliphatic carboxylic acids is 1. The zero-order chi connectivity index (χ0) is 14.1. The molecule has 0 aliphatic rings. The van der Waals surface area contributed by atoms with E-state index in [0.717, 1.165) is 5.56 Å². The summed E-state index contributed by atoms with van der Waals surface area (Å²) in [4.78, 5) is 32.3. The maximum absolute atomic E-state index is 11.4. The maximum atomic E-state index is 11.4. The van der Waals surface area contributed by atoms with Gasteiger partial charge in [-0.3, -0.25) is 9.59 Å². The zero-order valence-electron chi connectivity index (χ0n) is 10.2. The van der Waals surface area contributed by atoms with Crippen molar-refractivity contribution in [3.63, 3.8) is 0 Å². The molecule has 1 aromatic rings. The number of carboxylic acid groups (broad SMARTS) is 1. The molecule has 0 spiro atoms. The second-order valence-corrected chi connectivity index (χ2v) is 3.81. The van der Waals surface area contributed by atoms with Crippen LogP contribution in [0.15, 0.2) is 30.3 Å². The molecule has 0 bridgehead atoms. The topological polar surface area (TPSA) is 92.7 Å². The predicted octanol–water partition coefficient (Wildman–Crippen LogP) is 1.26. The first-order chi connectivity index (χ1) is 9.11. The van der Waals surface area contributed by atoms with E-state index in [0.29, 0.717) is 0 Å². The van der Waals surface area contributed by atoms with Gasteiger partial charge in [0.15, 0.2) is 0 Å². The van der Waals surface area contributed by atoms with E-state index in [4.69, 9.17) is 9.84 Å². The number of carboxylic acids is 1. The molecule has 19 heavy (non-hydrogen) atoms. The molecule has 0 saturated heterocycles. The van der Waals surface area contributed by atoms with Gasteiger partial charge < -0.3 is 15.2 Å². The average molecular weight is 264 g/mol. The molecule has 0 aliphatic carbocycles. The molecule has 0 fully saturated rings. The molecule has 0 aliphatic heterocycles. The van der Waals surface area contributed by atoms with Gasteiger partial charge in [0.1, 0.15) is 6.61 Å². The van der Waals surface area contributed by atoms with Crippen molar-refractivity contribution in [2.75, 3.05) is 0 Å². The summed E-state index contributed by atoms with van der Waals surface area (Å²) in [5.41, 5.74) is 0.815. The van der Waals surface area contributed by atoms with Gasteiger partial charge in [0.05, 0.1) is 6.04 Å². The highest BCUT2D eigenvalue weighted by Crippen LogP contribution is 2.01. The van der Waals surface area contributed by atoms with E-state index in [2.05, 4.69) is 5.32 Å². The predicted molar refractivity (Wildman–Crippen MR) is 66.1 cm³/mol. The first-order valence-electron chi connectivity index (χ1n) is 5.68. The number of rotatable bonds is 7. The number of benzene rings is 1. The Labute approximate surface area is 110 Å². The number of alkyl carbamates (subject to hydrolysis) is 1. The summed E-state index contributed by atoms with van der Waals surface area (Å²) >= 11 is 0. The lowest BCUT2D eigenvalue weighted by atomic mass is 10.2. The lowest BCUT2D eigenvalue weighted by Gasteiger charge is -2.11. The average Bonchev–Trinajstić information content (AvgIpc) is 2.42. The molecule has 1 unspecified atom stereocenters. The Bertz CT molecular complexity index is 432. The minimum atomic E-state index is -1.04. The molecule has 6 nitrogen and oxygen atoms in total. The molecule has 1 radical (unpaired) electrons. The summed E-state index contributed by atoms with van der Waals surface area (Å²) in [5.74, 6) is -1.04. The van der Waals surface area contributed by atoms with Gasteiger partial charge in [-0.1, -0.05) is 30.3 Å². The zero-order valence-corrected chi connectivity index (χ0v) is 10.2. The fourth-order valence-electron chi connectivity index (χ4n) is 1.34. The Morgan fingerprint density at radius 2 is 2.00 bits per heavy atom. The third-order valence-corrected chi connectivity index (χ3v) is 2.29. The van der Waals surface area contributed by atoms with E-state index >= 15 is 0 Å². The van der Waals surface area contributed by atoms with Crippen LogP contribution in [0.2, 0.25) is 0 Å². The Kier molecular flexibility index (Phi) is 6.08.